The second-order valence-corrected chi connectivity index (χ2v) is 4.56. The van der Waals surface area contributed by atoms with Gasteiger partial charge < -0.3 is 0 Å². The van der Waals surface area contributed by atoms with Gasteiger partial charge in [-0.25, -0.2) is 4.72 Å². The fourth-order valence-corrected chi connectivity index (χ4v) is 0.988. The van der Waals surface area contributed by atoms with Crippen LogP contribution in [-0.4, -0.2) is 15.0 Å². The van der Waals surface area contributed by atoms with Crippen LogP contribution in [0.5, 0.6) is 0 Å². The second kappa shape index (κ2) is 3.39. The smallest absolute Gasteiger partial charge is 0.202 e. The van der Waals surface area contributed by atoms with Gasteiger partial charge in [-0.3, -0.25) is 0 Å². The third kappa shape index (κ3) is 8.20. The van der Waals surface area contributed by atoms with Crippen molar-refractivity contribution in [3.8, 4) is 0 Å². The number of nitrogens with one attached hydrogen (secondary N) is 1. The number of halogens is 1. The third-order valence-electron chi connectivity index (χ3n) is 0.664. The zero-order valence-corrected chi connectivity index (χ0v) is 6.96. The maximum Gasteiger partial charge on any atom is 0.297 e. The monoisotopic (exact) mass is 171 g/mol. The summed E-state index contributed by atoms with van der Waals surface area (Å²) in [7, 11) is 1.34. The molecule has 0 spiro atoms. The Kier molecular flexibility index (Phi) is 3.46. The second-order valence-electron chi connectivity index (χ2n) is 2.18. The lowest BCUT2D eigenvalue weighted by molar-refractivity contribution is 0.572. The van der Waals surface area contributed by atoms with Gasteiger partial charge >= 0.3 is 0 Å². The van der Waals surface area contributed by atoms with Crippen LogP contribution in [0.1, 0.15) is 13.8 Å². The van der Waals surface area contributed by atoms with Gasteiger partial charge in [0.05, 0.1) is 0 Å². The van der Waals surface area contributed by atoms with Crippen molar-refractivity contribution in [3.05, 3.63) is 0 Å². The molecule has 0 rings (SSSR count). The van der Waals surface area contributed by atoms with Gasteiger partial charge in [0.15, 0.2) is 0 Å². The van der Waals surface area contributed by atoms with E-state index < -0.39 is 9.24 Å². The fourth-order valence-electron chi connectivity index (χ4n) is 0.266. The van der Waals surface area contributed by atoms with Crippen LogP contribution in [0, 0.1) is 5.92 Å². The number of rotatable bonds is 3. The Morgan fingerprint density at radius 3 is 2.11 bits per heavy atom. The first-order valence-corrected chi connectivity index (χ1v) is 4.92. The average Bonchev–Trinajstić information content (AvgIpc) is 1.59. The van der Waals surface area contributed by atoms with Crippen molar-refractivity contribution in [3.63, 3.8) is 0 Å². The summed E-state index contributed by atoms with van der Waals surface area (Å²) in [4.78, 5) is 0. The minimum Gasteiger partial charge on any atom is -0.202 e. The molecule has 0 aliphatic rings. The molecule has 0 bridgehead atoms. The van der Waals surface area contributed by atoms with Crippen molar-refractivity contribution in [1.82, 2.24) is 4.72 Å². The summed E-state index contributed by atoms with van der Waals surface area (Å²) in [6.45, 7) is 4.19. The number of hydrogen-bond acceptors (Lipinski definition) is 2. The topological polar surface area (TPSA) is 46.2 Å². The molecular formula is C4H10ClNO2S. The van der Waals surface area contributed by atoms with Gasteiger partial charge in [-0.05, 0) is 5.92 Å². The molecule has 0 aliphatic carbocycles. The predicted molar refractivity (Wildman–Crippen MR) is 37.6 cm³/mol. The minimum absolute atomic E-state index is 0.290. The molecular weight excluding hydrogens is 162 g/mol. The lowest BCUT2D eigenvalue weighted by Gasteiger charge is -2.01. The Morgan fingerprint density at radius 1 is 1.56 bits per heavy atom. The predicted octanol–water partition coefficient (Wildman–Crippen LogP) is 0.716. The van der Waals surface area contributed by atoms with E-state index in [0.29, 0.717) is 12.5 Å². The molecule has 0 aromatic carbocycles. The molecule has 0 amide bonds. The van der Waals surface area contributed by atoms with Crippen LogP contribution in [0.4, 0.5) is 0 Å². The van der Waals surface area contributed by atoms with Gasteiger partial charge in [0.25, 0.3) is 9.24 Å². The molecule has 0 heterocycles. The summed E-state index contributed by atoms with van der Waals surface area (Å²) < 4.78 is 22.5. The molecule has 0 aromatic rings. The van der Waals surface area contributed by atoms with Crippen molar-refractivity contribution in [2.45, 2.75) is 13.8 Å². The van der Waals surface area contributed by atoms with Crippen LogP contribution < -0.4 is 4.72 Å². The molecule has 0 fully saturated rings. The maximum atomic E-state index is 10.2. The molecule has 0 saturated heterocycles. The van der Waals surface area contributed by atoms with Crippen LogP contribution >= 0.6 is 10.7 Å². The van der Waals surface area contributed by atoms with Crippen LogP contribution in [-0.2, 0) is 9.24 Å². The Morgan fingerprint density at radius 2 is 2.00 bits per heavy atom. The van der Waals surface area contributed by atoms with E-state index in [1.54, 1.807) is 0 Å². The maximum absolute atomic E-state index is 10.2. The quantitative estimate of drug-likeness (QED) is 0.636. The van der Waals surface area contributed by atoms with Crippen molar-refractivity contribution < 1.29 is 8.42 Å². The molecule has 1 N–H and O–H groups in total. The first-order valence-electron chi connectivity index (χ1n) is 2.61. The van der Waals surface area contributed by atoms with E-state index in [1.807, 2.05) is 13.8 Å². The molecule has 0 atom stereocenters. The zero-order valence-electron chi connectivity index (χ0n) is 5.39. The summed E-state index contributed by atoms with van der Waals surface area (Å²) in [5.74, 6) is 0.290. The SMILES string of the molecule is CC(C)CNS(=O)(=O)Cl. The van der Waals surface area contributed by atoms with Gasteiger partial charge in [-0.2, -0.15) is 8.42 Å². The largest absolute Gasteiger partial charge is 0.297 e. The molecule has 3 nitrogen and oxygen atoms in total. The van der Waals surface area contributed by atoms with Gasteiger partial charge in [0.1, 0.15) is 0 Å². The summed E-state index contributed by atoms with van der Waals surface area (Å²) in [5.41, 5.74) is 0. The molecule has 0 saturated carbocycles. The van der Waals surface area contributed by atoms with Gasteiger partial charge in [-0.15, -0.1) is 0 Å². The fraction of sp³-hybridized carbons (Fsp3) is 1.00. The van der Waals surface area contributed by atoms with Gasteiger partial charge in [0.2, 0.25) is 0 Å². The van der Waals surface area contributed by atoms with E-state index in [0.717, 1.165) is 0 Å². The van der Waals surface area contributed by atoms with E-state index in [4.69, 9.17) is 10.7 Å². The Hall–Kier alpha value is 0.200. The van der Waals surface area contributed by atoms with Crippen LogP contribution in [0.3, 0.4) is 0 Å². The molecule has 0 aromatic heterocycles. The Bertz CT molecular complexity index is 163. The van der Waals surface area contributed by atoms with Gasteiger partial charge in [0, 0.05) is 17.2 Å². The van der Waals surface area contributed by atoms with E-state index in [2.05, 4.69) is 4.72 Å². The number of hydrogen-bond donors (Lipinski definition) is 1. The van der Waals surface area contributed by atoms with Crippen molar-refractivity contribution >= 4 is 19.9 Å². The first kappa shape index (κ1) is 9.20. The van der Waals surface area contributed by atoms with E-state index >= 15 is 0 Å². The van der Waals surface area contributed by atoms with Crippen molar-refractivity contribution in [2.24, 2.45) is 5.92 Å². The zero-order chi connectivity index (χ0) is 7.49. The lowest BCUT2D eigenvalue weighted by atomic mass is 10.2. The van der Waals surface area contributed by atoms with E-state index in [-0.39, 0.29) is 0 Å². The van der Waals surface area contributed by atoms with Crippen molar-refractivity contribution in [1.29, 1.82) is 0 Å². The Balaban J connectivity index is 3.53. The highest BCUT2D eigenvalue weighted by molar-refractivity contribution is 8.12. The van der Waals surface area contributed by atoms with Crippen LogP contribution in [0.15, 0.2) is 0 Å². The highest BCUT2D eigenvalue weighted by Crippen LogP contribution is 1.93. The first-order chi connectivity index (χ1) is 3.92. The molecule has 56 valence electrons. The molecule has 0 aliphatic heterocycles. The third-order valence-corrected chi connectivity index (χ3v) is 1.50. The molecule has 9 heavy (non-hydrogen) atoms. The lowest BCUT2D eigenvalue weighted by Crippen LogP contribution is -2.22. The standard InChI is InChI=1S/C4H10ClNO2S/c1-4(2)3-6-9(5,7)8/h4,6H,3H2,1-2H3. The van der Waals surface area contributed by atoms with E-state index in [1.165, 1.54) is 0 Å². The van der Waals surface area contributed by atoms with Crippen molar-refractivity contribution in [2.75, 3.05) is 6.54 Å². The Labute approximate surface area is 60.0 Å². The normalized spacial score (nSPS) is 12.4. The van der Waals surface area contributed by atoms with E-state index in [9.17, 15) is 8.42 Å². The summed E-state index contributed by atoms with van der Waals surface area (Å²) in [6, 6.07) is 0. The average molecular weight is 172 g/mol. The molecule has 0 radical (unpaired) electrons. The summed E-state index contributed by atoms with van der Waals surface area (Å²) in [6.07, 6.45) is 0. The summed E-state index contributed by atoms with van der Waals surface area (Å²) >= 11 is 0. The van der Waals surface area contributed by atoms with Gasteiger partial charge in [-0.1, -0.05) is 13.8 Å². The minimum atomic E-state index is -3.50. The molecule has 0 unspecified atom stereocenters. The highest BCUT2D eigenvalue weighted by Gasteiger charge is 2.02. The van der Waals surface area contributed by atoms with Crippen LogP contribution in [0.2, 0.25) is 0 Å². The van der Waals surface area contributed by atoms with Crippen LogP contribution in [0.25, 0.3) is 0 Å². The highest BCUT2D eigenvalue weighted by atomic mass is 35.7. The summed E-state index contributed by atoms with van der Waals surface area (Å²) in [5, 5.41) is 0. The molecule has 5 heteroatoms.